The molecule has 0 radical (unpaired) electrons. The third-order valence-corrected chi connectivity index (χ3v) is 9.56. The van der Waals surface area contributed by atoms with E-state index >= 15 is 0 Å². The lowest BCUT2D eigenvalue weighted by Gasteiger charge is -2.18. The number of para-hydroxylation sites is 4. The van der Waals surface area contributed by atoms with Gasteiger partial charge < -0.3 is 0 Å². The highest BCUT2D eigenvalue weighted by Gasteiger charge is 2.24. The summed E-state index contributed by atoms with van der Waals surface area (Å²) in [5.41, 5.74) is 10.0. The van der Waals surface area contributed by atoms with Gasteiger partial charge in [-0.25, -0.2) is 0 Å². The second-order valence-electron chi connectivity index (χ2n) is 11.8. The Kier molecular flexibility index (Phi) is 5.36. The predicted molar refractivity (Wildman–Crippen MR) is 185 cm³/mol. The van der Waals surface area contributed by atoms with Crippen molar-refractivity contribution >= 4 is 65.2 Å². The third-order valence-electron chi connectivity index (χ3n) is 9.56. The summed E-state index contributed by atoms with van der Waals surface area (Å²) in [5.74, 6) is 0. The van der Waals surface area contributed by atoms with Crippen molar-refractivity contribution in [1.82, 2.24) is 0 Å². The summed E-state index contributed by atoms with van der Waals surface area (Å²) in [7, 11) is 4.35. The summed E-state index contributed by atoms with van der Waals surface area (Å²) in [6.45, 7) is 0. The van der Waals surface area contributed by atoms with Gasteiger partial charge in [0.15, 0.2) is 0 Å². The molecule has 0 spiro atoms. The predicted octanol–water partition coefficient (Wildman–Crippen LogP) is 9.59. The standard InChI is InChI=1S/C42H30N2/c1-43-35-21-7-3-15-29(35)41(30-16-4-8-22-36(30)43)33-19-11-13-27-25-26-28-14-12-20-34(40(28)39(27)33)42-31-17-5-9-23-37(31)44(2)38-24-10-6-18-32(38)42/h3-26H,1-2H3/q+2. The number of aryl methyl sites for hydroxylation is 2. The highest BCUT2D eigenvalue weighted by Crippen LogP contribution is 2.45. The molecule has 2 heteroatoms. The van der Waals surface area contributed by atoms with E-state index < -0.39 is 0 Å². The van der Waals surface area contributed by atoms with Gasteiger partial charge >= 0.3 is 0 Å². The maximum atomic E-state index is 2.33. The molecule has 206 valence electrons. The van der Waals surface area contributed by atoms with E-state index in [0.29, 0.717) is 0 Å². The van der Waals surface area contributed by atoms with Gasteiger partial charge in [-0.3, -0.25) is 0 Å². The third kappa shape index (κ3) is 3.43. The maximum absolute atomic E-state index is 2.33. The number of pyridine rings is 2. The number of hydrogen-bond donors (Lipinski definition) is 0. The highest BCUT2D eigenvalue weighted by molar-refractivity contribution is 6.25. The number of benzene rings is 7. The Morgan fingerprint density at radius 3 is 0.977 bits per heavy atom. The van der Waals surface area contributed by atoms with Gasteiger partial charge in [-0.2, -0.15) is 9.13 Å². The van der Waals surface area contributed by atoms with Crippen LogP contribution in [0.15, 0.2) is 146 Å². The molecule has 0 amide bonds. The molecule has 7 aromatic carbocycles. The van der Waals surface area contributed by atoms with E-state index in [-0.39, 0.29) is 0 Å². The molecule has 9 rings (SSSR count). The SMILES string of the molecule is C[n+]1c2ccccc2c(-c2cccc3ccc4cccc(-c5c6ccccc6[n+](C)c6ccccc56)c4c23)c2ccccc21. The number of aromatic nitrogens is 2. The lowest BCUT2D eigenvalue weighted by Crippen LogP contribution is -2.30. The van der Waals surface area contributed by atoms with Crippen LogP contribution in [0.25, 0.3) is 87.4 Å². The molecule has 0 aliphatic heterocycles. The van der Waals surface area contributed by atoms with Crippen LogP contribution in [0.4, 0.5) is 0 Å². The Hall–Kier alpha value is -5.60. The average molecular weight is 563 g/mol. The molecule has 0 unspecified atom stereocenters. The summed E-state index contributed by atoms with van der Waals surface area (Å²) in [5, 5.41) is 10.1. The molecule has 0 atom stereocenters. The molecule has 0 aliphatic rings. The summed E-state index contributed by atoms with van der Waals surface area (Å²) < 4.78 is 4.65. The van der Waals surface area contributed by atoms with E-state index in [4.69, 9.17) is 0 Å². The zero-order valence-corrected chi connectivity index (χ0v) is 24.8. The van der Waals surface area contributed by atoms with Gasteiger partial charge in [-0.1, -0.05) is 97.1 Å². The number of rotatable bonds is 2. The monoisotopic (exact) mass is 562 g/mol. The van der Waals surface area contributed by atoms with Gasteiger partial charge in [-0.15, -0.1) is 0 Å². The molecule has 0 N–H and O–H groups in total. The van der Waals surface area contributed by atoms with Gasteiger partial charge in [0.05, 0.1) is 21.5 Å². The van der Waals surface area contributed by atoms with Crippen LogP contribution in [0.3, 0.4) is 0 Å². The Morgan fingerprint density at radius 1 is 0.318 bits per heavy atom. The van der Waals surface area contributed by atoms with Crippen molar-refractivity contribution in [3.05, 3.63) is 146 Å². The molecule has 0 saturated heterocycles. The molecule has 44 heavy (non-hydrogen) atoms. The Bertz CT molecular complexity index is 2330. The van der Waals surface area contributed by atoms with E-state index in [0.717, 1.165) is 0 Å². The van der Waals surface area contributed by atoms with Gasteiger partial charge in [0, 0.05) is 35.4 Å². The summed E-state index contributed by atoms with van der Waals surface area (Å²) in [6.07, 6.45) is 0. The first kappa shape index (κ1) is 24.9. The molecule has 0 bridgehead atoms. The smallest absolute Gasteiger partial charge is 0.194 e. The topological polar surface area (TPSA) is 7.76 Å². The maximum Gasteiger partial charge on any atom is 0.213 e. The molecule has 0 saturated carbocycles. The van der Waals surface area contributed by atoms with Crippen LogP contribution in [0.2, 0.25) is 0 Å². The number of fused-ring (bicyclic) bond motifs is 7. The lowest BCUT2D eigenvalue weighted by molar-refractivity contribution is -0.617. The summed E-state index contributed by atoms with van der Waals surface area (Å²) >= 11 is 0. The highest BCUT2D eigenvalue weighted by atomic mass is 14.9. The zero-order valence-electron chi connectivity index (χ0n) is 24.8. The second kappa shape index (κ2) is 9.45. The van der Waals surface area contributed by atoms with Crippen molar-refractivity contribution in [2.75, 3.05) is 0 Å². The molecule has 0 fully saturated rings. The fraction of sp³-hybridized carbons (Fsp3) is 0.0476. The van der Waals surface area contributed by atoms with Crippen molar-refractivity contribution in [1.29, 1.82) is 0 Å². The first-order chi connectivity index (χ1) is 21.7. The van der Waals surface area contributed by atoms with Crippen LogP contribution in [0.5, 0.6) is 0 Å². The van der Waals surface area contributed by atoms with Crippen LogP contribution in [-0.4, -0.2) is 0 Å². The normalized spacial score (nSPS) is 11.9. The fourth-order valence-electron chi connectivity index (χ4n) is 7.61. The van der Waals surface area contributed by atoms with Crippen molar-refractivity contribution < 1.29 is 9.13 Å². The van der Waals surface area contributed by atoms with E-state index in [1.54, 1.807) is 0 Å². The molecule has 2 nitrogen and oxygen atoms in total. The van der Waals surface area contributed by atoms with Crippen molar-refractivity contribution in [2.45, 2.75) is 0 Å². The van der Waals surface area contributed by atoms with Crippen molar-refractivity contribution in [3.8, 4) is 22.3 Å². The minimum absolute atomic E-state index is 1.23. The van der Waals surface area contributed by atoms with Crippen LogP contribution in [0, 0.1) is 0 Å². The number of hydrogen-bond acceptors (Lipinski definition) is 0. The summed E-state index contributed by atoms with van der Waals surface area (Å²) in [4.78, 5) is 0. The van der Waals surface area contributed by atoms with Crippen molar-refractivity contribution in [3.63, 3.8) is 0 Å². The van der Waals surface area contributed by atoms with E-state index in [1.165, 1.54) is 87.4 Å². The fourth-order valence-corrected chi connectivity index (χ4v) is 7.61. The first-order valence-electron chi connectivity index (χ1n) is 15.2. The average Bonchev–Trinajstić information content (AvgIpc) is 3.08. The van der Waals surface area contributed by atoms with Crippen molar-refractivity contribution in [2.24, 2.45) is 14.1 Å². The van der Waals surface area contributed by atoms with E-state index in [9.17, 15) is 0 Å². The van der Waals surface area contributed by atoms with Gasteiger partial charge in [0.1, 0.15) is 14.1 Å². The van der Waals surface area contributed by atoms with Crippen LogP contribution < -0.4 is 9.13 Å². The lowest BCUT2D eigenvalue weighted by atomic mass is 9.86. The molecule has 9 aromatic rings. The Balaban J connectivity index is 1.52. The molecule has 2 aromatic heterocycles. The van der Waals surface area contributed by atoms with Gasteiger partial charge in [0.2, 0.25) is 22.1 Å². The van der Waals surface area contributed by atoms with Crippen LogP contribution in [-0.2, 0) is 14.1 Å². The largest absolute Gasteiger partial charge is 0.213 e. The number of nitrogens with zero attached hydrogens (tertiary/aromatic N) is 2. The van der Waals surface area contributed by atoms with E-state index in [1.807, 2.05) is 0 Å². The first-order valence-corrected chi connectivity index (χ1v) is 15.2. The van der Waals surface area contributed by atoms with Gasteiger partial charge in [-0.05, 0) is 56.9 Å². The van der Waals surface area contributed by atoms with Crippen LogP contribution >= 0.6 is 0 Å². The second-order valence-corrected chi connectivity index (χ2v) is 11.8. The van der Waals surface area contributed by atoms with E-state index in [2.05, 4.69) is 169 Å². The Labute approximate surface area is 255 Å². The summed E-state index contributed by atoms with van der Waals surface area (Å²) in [6, 6.07) is 53.5. The molecule has 2 heterocycles. The molecule has 0 aliphatic carbocycles. The zero-order chi connectivity index (χ0) is 29.4. The minimum Gasteiger partial charge on any atom is -0.194 e. The quantitative estimate of drug-likeness (QED) is 0.113. The Morgan fingerprint density at radius 2 is 0.636 bits per heavy atom. The van der Waals surface area contributed by atoms with Gasteiger partial charge in [0.25, 0.3) is 0 Å². The minimum atomic E-state index is 1.23. The molecular weight excluding hydrogens is 532 g/mol. The molecular formula is C42H30N2+2. The van der Waals surface area contributed by atoms with Crippen LogP contribution in [0.1, 0.15) is 0 Å².